The number of carboxylic acid groups (broad SMARTS) is 1. The number of fused-ring (bicyclic) bond motifs is 1. The van der Waals surface area contributed by atoms with Crippen molar-refractivity contribution in [2.24, 2.45) is 0 Å². The van der Waals surface area contributed by atoms with Gasteiger partial charge in [0.2, 0.25) is 5.43 Å². The molecule has 5 heteroatoms. The van der Waals surface area contributed by atoms with Crippen LogP contribution in [0.5, 0.6) is 0 Å². The fourth-order valence-corrected chi connectivity index (χ4v) is 3.24. The van der Waals surface area contributed by atoms with E-state index in [1.165, 1.54) is 6.20 Å². The molecule has 25 heavy (non-hydrogen) atoms. The van der Waals surface area contributed by atoms with Gasteiger partial charge in [0.15, 0.2) is 0 Å². The highest BCUT2D eigenvalue weighted by Gasteiger charge is 2.16. The van der Waals surface area contributed by atoms with E-state index in [1.54, 1.807) is 6.07 Å². The minimum atomic E-state index is -1.20. The van der Waals surface area contributed by atoms with Crippen LogP contribution < -0.4 is 5.43 Å². The van der Waals surface area contributed by atoms with Crippen molar-refractivity contribution in [3.8, 4) is 11.1 Å². The topological polar surface area (TPSA) is 72.2 Å². The van der Waals surface area contributed by atoms with Gasteiger partial charge in [-0.15, -0.1) is 0 Å². The van der Waals surface area contributed by atoms with Gasteiger partial charge in [0.05, 0.1) is 5.52 Å². The molecule has 0 saturated heterocycles. The number of aromatic carboxylic acids is 1. The Balaban J connectivity index is 2.36. The lowest BCUT2D eigenvalue weighted by Gasteiger charge is -2.15. The Kier molecular flexibility index (Phi) is 4.17. The summed E-state index contributed by atoms with van der Waals surface area (Å²) in [7, 11) is 0. The quantitative estimate of drug-likeness (QED) is 0.791. The SMILES string of the molecule is CCn1cc(C(=O)O)c(=O)c2ccc(-c3c(C)cnc(C)c3C)cc21. The number of carboxylic acids is 1. The van der Waals surface area contributed by atoms with E-state index in [9.17, 15) is 14.7 Å². The second kappa shape index (κ2) is 6.16. The first-order valence-electron chi connectivity index (χ1n) is 8.18. The normalized spacial score (nSPS) is 11.0. The molecular formula is C20H20N2O3. The lowest BCUT2D eigenvalue weighted by Crippen LogP contribution is -2.18. The van der Waals surface area contributed by atoms with Gasteiger partial charge in [-0.2, -0.15) is 0 Å². The molecule has 3 rings (SSSR count). The standard InChI is InChI=1S/C20H20N2O3/c1-5-22-10-16(20(24)25)19(23)15-7-6-14(8-17(15)22)18-11(2)9-21-13(4)12(18)3/h6-10H,5H2,1-4H3,(H,24,25). The zero-order valence-corrected chi connectivity index (χ0v) is 14.8. The van der Waals surface area contributed by atoms with Crippen LogP contribution in [0, 0.1) is 20.8 Å². The first-order chi connectivity index (χ1) is 11.8. The second-order valence-corrected chi connectivity index (χ2v) is 6.22. The Labute approximate surface area is 145 Å². The third-order valence-corrected chi connectivity index (χ3v) is 4.71. The van der Waals surface area contributed by atoms with Crippen LogP contribution in [0.4, 0.5) is 0 Å². The molecule has 5 nitrogen and oxygen atoms in total. The van der Waals surface area contributed by atoms with Crippen LogP contribution in [0.1, 0.15) is 34.1 Å². The molecule has 0 saturated carbocycles. The summed E-state index contributed by atoms with van der Waals surface area (Å²) in [6, 6.07) is 5.56. The highest BCUT2D eigenvalue weighted by atomic mass is 16.4. The van der Waals surface area contributed by atoms with Gasteiger partial charge in [0.25, 0.3) is 0 Å². The molecule has 0 radical (unpaired) electrons. The first kappa shape index (κ1) is 16.9. The van der Waals surface area contributed by atoms with Gasteiger partial charge in [-0.25, -0.2) is 4.79 Å². The summed E-state index contributed by atoms with van der Waals surface area (Å²) >= 11 is 0. The monoisotopic (exact) mass is 336 g/mol. The van der Waals surface area contributed by atoms with Crippen molar-refractivity contribution in [2.75, 3.05) is 0 Å². The van der Waals surface area contributed by atoms with Gasteiger partial charge in [0.1, 0.15) is 5.56 Å². The largest absolute Gasteiger partial charge is 0.477 e. The maximum Gasteiger partial charge on any atom is 0.341 e. The van der Waals surface area contributed by atoms with Gasteiger partial charge in [-0.1, -0.05) is 6.07 Å². The second-order valence-electron chi connectivity index (χ2n) is 6.22. The summed E-state index contributed by atoms with van der Waals surface area (Å²) in [6.45, 7) is 8.53. The van der Waals surface area contributed by atoms with E-state index in [4.69, 9.17) is 0 Å². The number of rotatable bonds is 3. The molecule has 0 aliphatic carbocycles. The Morgan fingerprint density at radius 3 is 2.60 bits per heavy atom. The molecule has 0 atom stereocenters. The summed E-state index contributed by atoms with van der Waals surface area (Å²) in [5, 5.41) is 9.68. The van der Waals surface area contributed by atoms with Crippen molar-refractivity contribution in [3.05, 3.63) is 63.2 Å². The molecule has 3 aromatic rings. The van der Waals surface area contributed by atoms with E-state index in [-0.39, 0.29) is 5.56 Å². The van der Waals surface area contributed by atoms with Crippen LogP contribution in [-0.2, 0) is 6.54 Å². The first-order valence-corrected chi connectivity index (χ1v) is 8.18. The van der Waals surface area contributed by atoms with Crippen LogP contribution in [0.2, 0.25) is 0 Å². The molecule has 1 aromatic carbocycles. The third kappa shape index (κ3) is 2.71. The summed E-state index contributed by atoms with van der Waals surface area (Å²) in [6.07, 6.45) is 3.27. The van der Waals surface area contributed by atoms with Crippen molar-refractivity contribution in [3.63, 3.8) is 0 Å². The summed E-state index contributed by atoms with van der Waals surface area (Å²) in [4.78, 5) is 28.2. The number of aromatic nitrogens is 2. The number of benzene rings is 1. The van der Waals surface area contributed by atoms with E-state index >= 15 is 0 Å². The molecule has 2 aromatic heterocycles. The Bertz CT molecular complexity index is 1060. The number of aryl methyl sites for hydroxylation is 3. The van der Waals surface area contributed by atoms with E-state index in [0.717, 1.165) is 33.5 Å². The molecule has 0 unspecified atom stereocenters. The Hall–Kier alpha value is -2.95. The lowest BCUT2D eigenvalue weighted by atomic mass is 9.95. The van der Waals surface area contributed by atoms with Crippen LogP contribution in [0.15, 0.2) is 35.4 Å². The molecule has 0 amide bonds. The Morgan fingerprint density at radius 2 is 1.96 bits per heavy atom. The smallest absolute Gasteiger partial charge is 0.341 e. The average molecular weight is 336 g/mol. The van der Waals surface area contributed by atoms with E-state index in [0.29, 0.717) is 11.9 Å². The number of carbonyl (C=O) groups is 1. The number of hydrogen-bond acceptors (Lipinski definition) is 3. The fraction of sp³-hybridized carbons (Fsp3) is 0.250. The van der Waals surface area contributed by atoms with Crippen molar-refractivity contribution in [1.82, 2.24) is 9.55 Å². The molecular weight excluding hydrogens is 316 g/mol. The number of pyridine rings is 2. The van der Waals surface area contributed by atoms with Gasteiger partial charge in [-0.3, -0.25) is 9.78 Å². The molecule has 0 aliphatic heterocycles. The minimum absolute atomic E-state index is 0.200. The van der Waals surface area contributed by atoms with Crippen LogP contribution in [-0.4, -0.2) is 20.6 Å². The zero-order valence-electron chi connectivity index (χ0n) is 14.8. The van der Waals surface area contributed by atoms with Gasteiger partial charge < -0.3 is 9.67 Å². The third-order valence-electron chi connectivity index (χ3n) is 4.71. The number of hydrogen-bond donors (Lipinski definition) is 1. The predicted octanol–water partition coefficient (Wildman–Crippen LogP) is 3.71. The Morgan fingerprint density at radius 1 is 1.24 bits per heavy atom. The molecule has 1 N–H and O–H groups in total. The molecule has 2 heterocycles. The summed E-state index contributed by atoms with van der Waals surface area (Å²) in [5.41, 5.74) is 5.33. The van der Waals surface area contributed by atoms with Gasteiger partial charge in [0, 0.05) is 30.0 Å². The molecule has 0 aliphatic rings. The molecule has 0 spiro atoms. The van der Waals surface area contributed by atoms with Crippen LogP contribution >= 0.6 is 0 Å². The van der Waals surface area contributed by atoms with Crippen molar-refractivity contribution in [1.29, 1.82) is 0 Å². The maximum absolute atomic E-state index is 12.5. The lowest BCUT2D eigenvalue weighted by molar-refractivity contribution is 0.0695. The molecule has 128 valence electrons. The number of nitrogens with zero attached hydrogens (tertiary/aromatic N) is 2. The zero-order chi connectivity index (χ0) is 18.3. The maximum atomic E-state index is 12.5. The highest BCUT2D eigenvalue weighted by molar-refractivity contribution is 5.94. The van der Waals surface area contributed by atoms with Crippen molar-refractivity contribution >= 4 is 16.9 Å². The van der Waals surface area contributed by atoms with Crippen LogP contribution in [0.25, 0.3) is 22.0 Å². The highest BCUT2D eigenvalue weighted by Crippen LogP contribution is 2.30. The fourth-order valence-electron chi connectivity index (χ4n) is 3.24. The molecule has 0 fully saturated rings. The van der Waals surface area contributed by atoms with E-state index in [1.807, 2.05) is 50.6 Å². The van der Waals surface area contributed by atoms with Gasteiger partial charge in [-0.05, 0) is 62.1 Å². The van der Waals surface area contributed by atoms with Crippen molar-refractivity contribution in [2.45, 2.75) is 34.2 Å². The van der Waals surface area contributed by atoms with E-state index in [2.05, 4.69) is 4.98 Å². The summed E-state index contributed by atoms with van der Waals surface area (Å²) < 4.78 is 1.81. The average Bonchev–Trinajstić information content (AvgIpc) is 2.58. The summed E-state index contributed by atoms with van der Waals surface area (Å²) in [5.74, 6) is -1.20. The molecule has 0 bridgehead atoms. The van der Waals surface area contributed by atoms with Crippen molar-refractivity contribution < 1.29 is 9.90 Å². The van der Waals surface area contributed by atoms with Crippen LogP contribution in [0.3, 0.4) is 0 Å². The minimum Gasteiger partial charge on any atom is -0.477 e. The predicted molar refractivity (Wildman–Crippen MR) is 98.3 cm³/mol. The van der Waals surface area contributed by atoms with Gasteiger partial charge >= 0.3 is 5.97 Å². The van der Waals surface area contributed by atoms with E-state index < -0.39 is 11.4 Å².